The van der Waals surface area contributed by atoms with Crippen molar-refractivity contribution in [2.24, 2.45) is 7.05 Å². The van der Waals surface area contributed by atoms with Gasteiger partial charge in [0, 0.05) is 12.6 Å². The number of rotatable bonds is 5. The number of benzene rings is 2. The lowest BCUT2D eigenvalue weighted by atomic mass is 10.1. The van der Waals surface area contributed by atoms with Crippen LogP contribution in [0.2, 0.25) is 0 Å². The van der Waals surface area contributed by atoms with Gasteiger partial charge in [0.25, 0.3) is 0 Å². The second-order valence-corrected chi connectivity index (χ2v) is 6.74. The van der Waals surface area contributed by atoms with Crippen LogP contribution in [0, 0.1) is 0 Å². The summed E-state index contributed by atoms with van der Waals surface area (Å²) in [5.41, 5.74) is -1.72. The van der Waals surface area contributed by atoms with Gasteiger partial charge in [0.1, 0.15) is 11.5 Å². The van der Waals surface area contributed by atoms with Gasteiger partial charge >= 0.3 is 6.18 Å². The van der Waals surface area contributed by atoms with Crippen LogP contribution in [0.5, 0.6) is 11.5 Å². The minimum atomic E-state index is -4.49. The van der Waals surface area contributed by atoms with E-state index in [1.54, 1.807) is 52.3 Å². The number of hydrogen-bond acceptors (Lipinski definition) is 4. The fourth-order valence-electron chi connectivity index (χ4n) is 3.00. The third-order valence-corrected chi connectivity index (χ3v) is 4.32. The Hall–Kier alpha value is -3.03. The summed E-state index contributed by atoms with van der Waals surface area (Å²) in [7, 11) is 3.19. The van der Waals surface area contributed by atoms with Gasteiger partial charge in [-0.15, -0.1) is 10.2 Å². The second kappa shape index (κ2) is 7.18. The first-order valence-electron chi connectivity index (χ1n) is 8.53. The molecule has 1 heterocycles. The van der Waals surface area contributed by atoms with Crippen LogP contribution in [0.3, 0.4) is 0 Å². The lowest BCUT2D eigenvalue weighted by molar-refractivity contribution is -0.137. The van der Waals surface area contributed by atoms with Crippen LogP contribution in [0.4, 0.5) is 13.2 Å². The van der Waals surface area contributed by atoms with Gasteiger partial charge in [0.2, 0.25) is 0 Å². The highest BCUT2D eigenvalue weighted by molar-refractivity contribution is 5.61. The standard InChI is InChI=1S/C20H20F3N3O2/c1-19(2,28-14-11-9-13(27-4)10-12-14)18-25-24-17(26(18)3)15-7-5-6-8-16(15)20(21,22)23/h5-12H,1-4H3. The van der Waals surface area contributed by atoms with Crippen molar-refractivity contribution in [1.82, 2.24) is 14.8 Å². The minimum Gasteiger partial charge on any atom is -0.497 e. The van der Waals surface area contributed by atoms with E-state index in [-0.39, 0.29) is 11.4 Å². The van der Waals surface area contributed by atoms with Crippen molar-refractivity contribution in [3.05, 3.63) is 59.9 Å². The summed E-state index contributed by atoms with van der Waals surface area (Å²) in [6.45, 7) is 3.56. The zero-order valence-electron chi connectivity index (χ0n) is 15.9. The summed E-state index contributed by atoms with van der Waals surface area (Å²) in [6, 6.07) is 12.3. The zero-order chi connectivity index (χ0) is 20.5. The average molecular weight is 391 g/mol. The topological polar surface area (TPSA) is 49.2 Å². The van der Waals surface area contributed by atoms with Gasteiger partial charge < -0.3 is 14.0 Å². The molecule has 5 nitrogen and oxygen atoms in total. The van der Waals surface area contributed by atoms with Crippen LogP contribution in [0.1, 0.15) is 25.2 Å². The van der Waals surface area contributed by atoms with Gasteiger partial charge in [0.15, 0.2) is 17.2 Å². The van der Waals surface area contributed by atoms with Crippen LogP contribution in [0.15, 0.2) is 48.5 Å². The summed E-state index contributed by atoms with van der Waals surface area (Å²) in [5.74, 6) is 1.78. The van der Waals surface area contributed by atoms with E-state index in [0.717, 1.165) is 6.07 Å². The Labute approximate surface area is 160 Å². The molecule has 0 N–H and O–H groups in total. The van der Waals surface area contributed by atoms with Crippen LogP contribution in [-0.4, -0.2) is 21.9 Å². The van der Waals surface area contributed by atoms with Crippen LogP contribution >= 0.6 is 0 Å². The number of ether oxygens (including phenoxy) is 2. The van der Waals surface area contributed by atoms with Crippen LogP contribution in [-0.2, 0) is 18.8 Å². The Morgan fingerprint density at radius 3 is 2.11 bits per heavy atom. The van der Waals surface area contributed by atoms with E-state index >= 15 is 0 Å². The zero-order valence-corrected chi connectivity index (χ0v) is 15.9. The maximum Gasteiger partial charge on any atom is 0.417 e. The van der Waals surface area contributed by atoms with Crippen molar-refractivity contribution in [2.75, 3.05) is 7.11 Å². The number of aromatic nitrogens is 3. The molecular weight excluding hydrogens is 371 g/mol. The lowest BCUT2D eigenvalue weighted by Gasteiger charge is -2.25. The van der Waals surface area contributed by atoms with E-state index in [1.807, 2.05) is 0 Å². The molecule has 1 aromatic heterocycles. The van der Waals surface area contributed by atoms with Gasteiger partial charge in [-0.3, -0.25) is 0 Å². The normalized spacial score (nSPS) is 12.1. The van der Waals surface area contributed by atoms with Crippen molar-refractivity contribution >= 4 is 0 Å². The van der Waals surface area contributed by atoms with Gasteiger partial charge in [-0.2, -0.15) is 13.2 Å². The highest BCUT2D eigenvalue weighted by Crippen LogP contribution is 2.37. The first-order chi connectivity index (χ1) is 13.1. The molecule has 0 saturated heterocycles. The van der Waals surface area contributed by atoms with E-state index in [9.17, 15) is 13.2 Å². The van der Waals surface area contributed by atoms with Gasteiger partial charge in [-0.1, -0.05) is 18.2 Å². The summed E-state index contributed by atoms with van der Waals surface area (Å²) >= 11 is 0. The molecule has 0 amide bonds. The highest BCUT2D eigenvalue weighted by Gasteiger charge is 2.36. The maximum absolute atomic E-state index is 13.4. The Bertz CT molecular complexity index is 964. The molecule has 0 aliphatic heterocycles. The summed E-state index contributed by atoms with van der Waals surface area (Å²) in [5, 5.41) is 8.12. The second-order valence-electron chi connectivity index (χ2n) is 6.74. The Kier molecular flexibility index (Phi) is 5.06. The molecule has 0 aliphatic rings. The predicted octanol–water partition coefficient (Wildman–Crippen LogP) is 4.82. The molecule has 0 spiro atoms. The molecule has 8 heteroatoms. The van der Waals surface area contributed by atoms with Gasteiger partial charge in [0.05, 0.1) is 12.7 Å². The van der Waals surface area contributed by atoms with Gasteiger partial charge in [-0.25, -0.2) is 0 Å². The maximum atomic E-state index is 13.4. The van der Waals surface area contributed by atoms with Crippen molar-refractivity contribution in [2.45, 2.75) is 25.6 Å². The molecule has 3 aromatic rings. The number of halogens is 3. The summed E-state index contributed by atoms with van der Waals surface area (Å²) in [4.78, 5) is 0. The highest BCUT2D eigenvalue weighted by atomic mass is 19.4. The Balaban J connectivity index is 1.96. The van der Waals surface area contributed by atoms with E-state index < -0.39 is 17.3 Å². The molecule has 0 bridgehead atoms. The number of methoxy groups -OCH3 is 1. The number of hydrogen-bond donors (Lipinski definition) is 0. The molecule has 3 rings (SSSR count). The van der Waals surface area contributed by atoms with E-state index in [4.69, 9.17) is 9.47 Å². The third kappa shape index (κ3) is 3.81. The van der Waals surface area contributed by atoms with Gasteiger partial charge in [-0.05, 0) is 44.2 Å². The molecule has 0 radical (unpaired) electrons. The Morgan fingerprint density at radius 2 is 1.50 bits per heavy atom. The van der Waals surface area contributed by atoms with Crippen LogP contribution < -0.4 is 9.47 Å². The van der Waals surface area contributed by atoms with Crippen molar-refractivity contribution in [3.63, 3.8) is 0 Å². The molecule has 0 fully saturated rings. The molecule has 2 aromatic carbocycles. The molecule has 0 atom stereocenters. The van der Waals surface area contributed by atoms with Crippen molar-refractivity contribution in [1.29, 1.82) is 0 Å². The van der Waals surface area contributed by atoms with Crippen LogP contribution in [0.25, 0.3) is 11.4 Å². The predicted molar refractivity (Wildman–Crippen MR) is 98.1 cm³/mol. The first-order valence-corrected chi connectivity index (χ1v) is 8.53. The molecule has 0 saturated carbocycles. The molecule has 0 aliphatic carbocycles. The van der Waals surface area contributed by atoms with E-state index in [2.05, 4.69) is 10.2 Å². The van der Waals surface area contributed by atoms with Crippen molar-refractivity contribution < 1.29 is 22.6 Å². The quantitative estimate of drug-likeness (QED) is 0.626. The Morgan fingerprint density at radius 1 is 0.893 bits per heavy atom. The minimum absolute atomic E-state index is 0.0310. The molecule has 0 unspecified atom stereocenters. The van der Waals surface area contributed by atoms with Crippen molar-refractivity contribution in [3.8, 4) is 22.9 Å². The fraction of sp³-hybridized carbons (Fsp3) is 0.300. The number of alkyl halides is 3. The van der Waals surface area contributed by atoms with E-state index in [1.165, 1.54) is 22.8 Å². The summed E-state index contributed by atoms with van der Waals surface area (Å²) in [6.07, 6.45) is -4.49. The number of nitrogens with zero attached hydrogens (tertiary/aromatic N) is 3. The molecular formula is C20H20F3N3O2. The third-order valence-electron chi connectivity index (χ3n) is 4.32. The van der Waals surface area contributed by atoms with E-state index in [0.29, 0.717) is 17.3 Å². The lowest BCUT2D eigenvalue weighted by Crippen LogP contribution is -2.29. The average Bonchev–Trinajstić information content (AvgIpc) is 3.03. The fourth-order valence-corrected chi connectivity index (χ4v) is 3.00. The monoisotopic (exact) mass is 391 g/mol. The summed E-state index contributed by atoms with van der Waals surface area (Å²) < 4.78 is 52.7. The molecule has 148 valence electrons. The molecule has 28 heavy (non-hydrogen) atoms. The smallest absolute Gasteiger partial charge is 0.417 e. The largest absolute Gasteiger partial charge is 0.497 e. The SMILES string of the molecule is COc1ccc(OC(C)(C)c2nnc(-c3ccccc3C(F)(F)F)n2C)cc1. The first kappa shape index (κ1) is 19.7.